The van der Waals surface area contributed by atoms with Crippen LogP contribution in [0, 0.1) is 5.41 Å². The van der Waals surface area contributed by atoms with Gasteiger partial charge in [0.15, 0.2) is 0 Å². The number of benzene rings is 1. The van der Waals surface area contributed by atoms with Crippen molar-refractivity contribution in [1.82, 2.24) is 4.72 Å². The highest BCUT2D eigenvalue weighted by Crippen LogP contribution is 2.18. The quantitative estimate of drug-likeness (QED) is 0.790. The van der Waals surface area contributed by atoms with E-state index in [9.17, 15) is 8.42 Å². The Balaban J connectivity index is 2.56. The lowest BCUT2D eigenvalue weighted by Gasteiger charge is -2.23. The molecule has 0 fully saturated rings. The summed E-state index contributed by atoms with van der Waals surface area (Å²) in [5.41, 5.74) is 0.531. The average Bonchev–Trinajstić information content (AvgIpc) is 2.28. The van der Waals surface area contributed by atoms with Crippen molar-refractivity contribution in [1.29, 1.82) is 0 Å². The fourth-order valence-corrected chi connectivity index (χ4v) is 2.89. The van der Waals surface area contributed by atoms with E-state index in [0.717, 1.165) is 5.56 Å². The number of hydrogen-bond acceptors (Lipinski definition) is 3. The Morgan fingerprint density at radius 3 is 2.39 bits per heavy atom. The molecule has 0 amide bonds. The van der Waals surface area contributed by atoms with Gasteiger partial charge in [-0.05, 0) is 17.4 Å². The Morgan fingerprint density at radius 2 is 1.83 bits per heavy atom. The van der Waals surface area contributed by atoms with Gasteiger partial charge in [-0.2, -0.15) is 0 Å². The van der Waals surface area contributed by atoms with Crippen molar-refractivity contribution >= 4 is 10.0 Å². The Kier molecular flexibility index (Phi) is 5.31. The zero-order valence-electron chi connectivity index (χ0n) is 10.9. The van der Waals surface area contributed by atoms with Crippen molar-refractivity contribution in [2.45, 2.75) is 26.0 Å². The SMILES string of the molecule is CC(C)(CCO)CNS(=O)(=O)Cc1ccccc1. The van der Waals surface area contributed by atoms with Crippen LogP contribution in [0.15, 0.2) is 30.3 Å². The van der Waals surface area contributed by atoms with E-state index in [-0.39, 0.29) is 17.8 Å². The van der Waals surface area contributed by atoms with E-state index < -0.39 is 10.0 Å². The molecule has 0 aliphatic heterocycles. The maximum atomic E-state index is 11.9. The van der Waals surface area contributed by atoms with Crippen LogP contribution in [0.2, 0.25) is 0 Å². The molecule has 1 aromatic carbocycles. The third kappa shape index (κ3) is 5.62. The highest BCUT2D eigenvalue weighted by atomic mass is 32.2. The summed E-state index contributed by atoms with van der Waals surface area (Å²) in [7, 11) is -3.32. The number of nitrogens with one attached hydrogen (secondary N) is 1. The predicted octanol–water partition coefficient (Wildman–Crippen LogP) is 1.51. The number of rotatable bonds is 7. The fourth-order valence-electron chi connectivity index (χ4n) is 1.54. The zero-order chi connectivity index (χ0) is 13.6. The number of aliphatic hydroxyl groups excluding tert-OH is 1. The second kappa shape index (κ2) is 6.31. The van der Waals surface area contributed by atoms with Crippen molar-refractivity contribution in [2.75, 3.05) is 13.2 Å². The smallest absolute Gasteiger partial charge is 0.215 e. The first-order chi connectivity index (χ1) is 8.35. The van der Waals surface area contributed by atoms with Crippen LogP contribution in [0.3, 0.4) is 0 Å². The van der Waals surface area contributed by atoms with Crippen LogP contribution in [0.25, 0.3) is 0 Å². The molecule has 0 bridgehead atoms. The van der Waals surface area contributed by atoms with Crippen molar-refractivity contribution < 1.29 is 13.5 Å². The van der Waals surface area contributed by atoms with Crippen LogP contribution < -0.4 is 4.72 Å². The van der Waals surface area contributed by atoms with E-state index in [1.54, 1.807) is 12.1 Å². The van der Waals surface area contributed by atoms with Crippen molar-refractivity contribution in [2.24, 2.45) is 5.41 Å². The molecular weight excluding hydrogens is 250 g/mol. The van der Waals surface area contributed by atoms with Gasteiger partial charge in [0, 0.05) is 13.2 Å². The summed E-state index contributed by atoms with van der Waals surface area (Å²) < 4.78 is 26.3. The van der Waals surface area contributed by atoms with Crippen molar-refractivity contribution in [3.8, 4) is 0 Å². The van der Waals surface area contributed by atoms with E-state index in [4.69, 9.17) is 5.11 Å². The van der Waals surface area contributed by atoms with E-state index in [0.29, 0.717) is 13.0 Å². The second-order valence-electron chi connectivity index (χ2n) is 5.20. The first kappa shape index (κ1) is 15.1. The zero-order valence-corrected chi connectivity index (χ0v) is 11.7. The third-order valence-corrected chi connectivity index (χ3v) is 4.06. The summed E-state index contributed by atoms with van der Waals surface area (Å²) in [6.07, 6.45) is 0.570. The van der Waals surface area contributed by atoms with Gasteiger partial charge in [0.05, 0.1) is 5.75 Å². The summed E-state index contributed by atoms with van der Waals surface area (Å²) in [6, 6.07) is 9.07. The molecule has 0 saturated carbocycles. The Hall–Kier alpha value is -0.910. The van der Waals surface area contributed by atoms with Crippen LogP contribution in [0.1, 0.15) is 25.8 Å². The molecule has 4 nitrogen and oxygen atoms in total. The summed E-state index contributed by atoms with van der Waals surface area (Å²) in [5, 5.41) is 8.89. The standard InChI is InChI=1S/C13H21NO3S/c1-13(2,8-9-15)11-14-18(16,17)10-12-6-4-3-5-7-12/h3-7,14-15H,8-11H2,1-2H3. The molecule has 0 aromatic heterocycles. The largest absolute Gasteiger partial charge is 0.396 e. The maximum Gasteiger partial charge on any atom is 0.215 e. The fraction of sp³-hybridized carbons (Fsp3) is 0.538. The molecule has 5 heteroatoms. The normalized spacial score (nSPS) is 12.6. The maximum absolute atomic E-state index is 11.9. The van der Waals surface area contributed by atoms with Gasteiger partial charge in [-0.3, -0.25) is 0 Å². The lowest BCUT2D eigenvalue weighted by Crippen LogP contribution is -2.35. The highest BCUT2D eigenvalue weighted by molar-refractivity contribution is 7.88. The first-order valence-corrected chi connectivity index (χ1v) is 7.62. The molecule has 0 spiro atoms. The van der Waals surface area contributed by atoms with Crippen LogP contribution in [0.4, 0.5) is 0 Å². The molecular formula is C13H21NO3S. The van der Waals surface area contributed by atoms with Crippen LogP contribution >= 0.6 is 0 Å². The summed E-state index contributed by atoms with van der Waals surface area (Å²) in [5.74, 6) is -0.0109. The molecule has 0 aliphatic carbocycles. The Bertz CT molecular complexity index is 454. The van der Waals surface area contributed by atoms with Crippen LogP contribution in [0.5, 0.6) is 0 Å². The third-order valence-electron chi connectivity index (χ3n) is 2.76. The molecule has 0 atom stereocenters. The van der Waals surface area contributed by atoms with Gasteiger partial charge in [-0.25, -0.2) is 13.1 Å². The molecule has 0 heterocycles. The molecule has 0 saturated heterocycles. The molecule has 0 unspecified atom stereocenters. The lowest BCUT2D eigenvalue weighted by atomic mass is 9.90. The average molecular weight is 271 g/mol. The summed E-state index contributed by atoms with van der Waals surface area (Å²) in [6.45, 7) is 4.25. The van der Waals surface area contributed by atoms with Gasteiger partial charge in [-0.1, -0.05) is 44.2 Å². The highest BCUT2D eigenvalue weighted by Gasteiger charge is 2.20. The minimum atomic E-state index is -3.32. The van der Waals surface area contributed by atoms with Crippen molar-refractivity contribution in [3.05, 3.63) is 35.9 Å². The van der Waals surface area contributed by atoms with Gasteiger partial charge >= 0.3 is 0 Å². The Labute approximate surface area is 109 Å². The van der Waals surface area contributed by atoms with E-state index >= 15 is 0 Å². The van der Waals surface area contributed by atoms with Crippen LogP contribution in [-0.4, -0.2) is 26.7 Å². The second-order valence-corrected chi connectivity index (χ2v) is 7.01. The minimum Gasteiger partial charge on any atom is -0.396 e. The number of hydrogen-bond donors (Lipinski definition) is 2. The van der Waals surface area contributed by atoms with E-state index in [2.05, 4.69) is 4.72 Å². The van der Waals surface area contributed by atoms with E-state index in [1.165, 1.54) is 0 Å². The molecule has 1 aromatic rings. The minimum absolute atomic E-state index is 0.0109. The lowest BCUT2D eigenvalue weighted by molar-refractivity contribution is 0.213. The Morgan fingerprint density at radius 1 is 1.22 bits per heavy atom. The van der Waals surface area contributed by atoms with Crippen molar-refractivity contribution in [3.63, 3.8) is 0 Å². The number of sulfonamides is 1. The van der Waals surface area contributed by atoms with Gasteiger partial charge in [-0.15, -0.1) is 0 Å². The van der Waals surface area contributed by atoms with E-state index in [1.807, 2.05) is 32.0 Å². The molecule has 0 aliphatic rings. The summed E-state index contributed by atoms with van der Waals surface area (Å²) in [4.78, 5) is 0. The monoisotopic (exact) mass is 271 g/mol. The molecule has 102 valence electrons. The number of aliphatic hydroxyl groups is 1. The van der Waals surface area contributed by atoms with Crippen LogP contribution in [-0.2, 0) is 15.8 Å². The van der Waals surface area contributed by atoms with Gasteiger partial charge in [0.1, 0.15) is 0 Å². The van der Waals surface area contributed by atoms with Gasteiger partial charge in [0.25, 0.3) is 0 Å². The molecule has 0 radical (unpaired) electrons. The molecule has 1 rings (SSSR count). The van der Waals surface area contributed by atoms with Gasteiger partial charge < -0.3 is 5.11 Å². The summed E-state index contributed by atoms with van der Waals surface area (Å²) >= 11 is 0. The topological polar surface area (TPSA) is 66.4 Å². The molecule has 2 N–H and O–H groups in total. The molecule has 18 heavy (non-hydrogen) atoms. The first-order valence-electron chi connectivity index (χ1n) is 5.97. The predicted molar refractivity (Wildman–Crippen MR) is 72.6 cm³/mol. The van der Waals surface area contributed by atoms with Gasteiger partial charge in [0.2, 0.25) is 10.0 Å².